The minimum absolute atomic E-state index is 0.869. The Morgan fingerprint density at radius 1 is 0.538 bits per heavy atom. The summed E-state index contributed by atoms with van der Waals surface area (Å²) >= 11 is 0. The predicted molar refractivity (Wildman–Crippen MR) is 108 cm³/mol. The van der Waals surface area contributed by atoms with Crippen LogP contribution in [0.1, 0.15) is 0 Å². The highest BCUT2D eigenvalue weighted by atomic mass is 16.5. The normalized spacial score (nSPS) is 10.7. The van der Waals surface area contributed by atoms with Gasteiger partial charge >= 0.3 is 0 Å². The summed E-state index contributed by atoms with van der Waals surface area (Å²) in [5.41, 5.74) is 4.72. The fraction of sp³-hybridized carbons (Fsp3) is 0.0833. The predicted octanol–water partition coefficient (Wildman–Crippen LogP) is 6.19. The highest BCUT2D eigenvalue weighted by Gasteiger charge is 2.07. The average molecular weight is 340 g/mol. The quantitative estimate of drug-likeness (QED) is 0.441. The summed E-state index contributed by atoms with van der Waals surface area (Å²) in [6.07, 6.45) is 0. The molecule has 0 unspecified atom stereocenters. The summed E-state index contributed by atoms with van der Waals surface area (Å²) in [6.45, 7) is 0. The van der Waals surface area contributed by atoms with E-state index in [2.05, 4.69) is 72.8 Å². The lowest BCUT2D eigenvalue weighted by Crippen LogP contribution is -1.87. The number of fused-ring (bicyclic) bond motifs is 1. The van der Waals surface area contributed by atoms with Crippen molar-refractivity contribution in [2.45, 2.75) is 0 Å². The van der Waals surface area contributed by atoms with Crippen LogP contribution in [0.15, 0.2) is 84.9 Å². The zero-order valence-electron chi connectivity index (χ0n) is 14.9. The van der Waals surface area contributed by atoms with Gasteiger partial charge in [0.05, 0.1) is 14.2 Å². The van der Waals surface area contributed by atoms with E-state index in [0.29, 0.717) is 0 Å². The third-order valence-electron chi connectivity index (χ3n) is 4.69. The smallest absolute Gasteiger partial charge is 0.120 e. The highest BCUT2D eigenvalue weighted by Crippen LogP contribution is 2.34. The van der Waals surface area contributed by atoms with Crippen molar-refractivity contribution in [3.63, 3.8) is 0 Å². The van der Waals surface area contributed by atoms with Gasteiger partial charge in [0.25, 0.3) is 0 Å². The Hall–Kier alpha value is -3.26. The van der Waals surface area contributed by atoms with Gasteiger partial charge in [0, 0.05) is 0 Å². The molecule has 4 aromatic carbocycles. The van der Waals surface area contributed by atoms with Crippen LogP contribution < -0.4 is 9.47 Å². The lowest BCUT2D eigenvalue weighted by Gasteiger charge is -2.11. The van der Waals surface area contributed by atoms with Crippen LogP contribution in [0.25, 0.3) is 33.0 Å². The van der Waals surface area contributed by atoms with Gasteiger partial charge in [0.15, 0.2) is 0 Å². The fourth-order valence-corrected chi connectivity index (χ4v) is 3.27. The summed E-state index contributed by atoms with van der Waals surface area (Å²) < 4.78 is 10.7. The topological polar surface area (TPSA) is 18.5 Å². The van der Waals surface area contributed by atoms with Crippen molar-refractivity contribution in [1.29, 1.82) is 0 Å². The Morgan fingerprint density at radius 3 is 1.77 bits per heavy atom. The van der Waals surface area contributed by atoms with Gasteiger partial charge in [-0.1, -0.05) is 60.7 Å². The second-order valence-electron chi connectivity index (χ2n) is 6.20. The van der Waals surface area contributed by atoms with Crippen molar-refractivity contribution in [2.24, 2.45) is 0 Å². The van der Waals surface area contributed by atoms with E-state index in [-0.39, 0.29) is 0 Å². The van der Waals surface area contributed by atoms with Gasteiger partial charge < -0.3 is 9.47 Å². The molecular weight excluding hydrogens is 320 g/mol. The van der Waals surface area contributed by atoms with Gasteiger partial charge in [-0.05, 0) is 57.3 Å². The molecule has 0 bridgehead atoms. The number of ether oxygens (including phenoxy) is 2. The lowest BCUT2D eigenvalue weighted by atomic mass is 9.96. The van der Waals surface area contributed by atoms with Crippen LogP contribution in [0, 0.1) is 0 Å². The molecule has 4 rings (SSSR count). The SMILES string of the molecule is COc1ccc(-c2ccc(-c3cc(OC)cc4ccccc34)cc2)cc1. The van der Waals surface area contributed by atoms with Crippen molar-refractivity contribution >= 4 is 10.8 Å². The van der Waals surface area contributed by atoms with Crippen LogP contribution >= 0.6 is 0 Å². The number of hydrogen-bond donors (Lipinski definition) is 0. The summed E-state index contributed by atoms with van der Waals surface area (Å²) in [5, 5.41) is 2.41. The molecule has 0 aromatic heterocycles. The molecule has 128 valence electrons. The summed E-state index contributed by atoms with van der Waals surface area (Å²) in [6, 6.07) is 29.4. The molecule has 0 spiro atoms. The minimum Gasteiger partial charge on any atom is -0.497 e. The van der Waals surface area contributed by atoms with Crippen molar-refractivity contribution in [3.05, 3.63) is 84.9 Å². The van der Waals surface area contributed by atoms with E-state index in [1.807, 2.05) is 12.1 Å². The molecule has 2 heteroatoms. The van der Waals surface area contributed by atoms with Gasteiger partial charge in [0.1, 0.15) is 11.5 Å². The molecule has 0 saturated heterocycles. The zero-order chi connectivity index (χ0) is 17.9. The van der Waals surface area contributed by atoms with Crippen molar-refractivity contribution in [2.75, 3.05) is 14.2 Å². The van der Waals surface area contributed by atoms with Crippen LogP contribution in [0.5, 0.6) is 11.5 Å². The van der Waals surface area contributed by atoms with Gasteiger partial charge in [-0.25, -0.2) is 0 Å². The van der Waals surface area contributed by atoms with Crippen LogP contribution in [-0.4, -0.2) is 14.2 Å². The maximum Gasteiger partial charge on any atom is 0.120 e. The molecule has 0 radical (unpaired) electrons. The van der Waals surface area contributed by atoms with E-state index in [0.717, 1.165) is 11.5 Å². The molecule has 2 nitrogen and oxygen atoms in total. The molecule has 0 heterocycles. The molecule has 0 aliphatic carbocycles. The largest absolute Gasteiger partial charge is 0.497 e. The third kappa shape index (κ3) is 3.02. The molecule has 0 fully saturated rings. The van der Waals surface area contributed by atoms with Gasteiger partial charge in [0.2, 0.25) is 0 Å². The molecule has 0 amide bonds. The number of methoxy groups -OCH3 is 2. The van der Waals surface area contributed by atoms with E-state index >= 15 is 0 Å². The van der Waals surface area contributed by atoms with Gasteiger partial charge in [-0.15, -0.1) is 0 Å². The van der Waals surface area contributed by atoms with Crippen LogP contribution in [-0.2, 0) is 0 Å². The summed E-state index contributed by atoms with van der Waals surface area (Å²) in [5.74, 6) is 1.74. The lowest BCUT2D eigenvalue weighted by molar-refractivity contribution is 0.415. The molecule has 0 saturated carbocycles. The third-order valence-corrected chi connectivity index (χ3v) is 4.69. The van der Waals surface area contributed by atoms with Crippen LogP contribution in [0.2, 0.25) is 0 Å². The van der Waals surface area contributed by atoms with E-state index in [9.17, 15) is 0 Å². The van der Waals surface area contributed by atoms with Crippen molar-refractivity contribution in [1.82, 2.24) is 0 Å². The molecular formula is C24H20O2. The highest BCUT2D eigenvalue weighted by molar-refractivity contribution is 5.98. The Labute approximate surface area is 153 Å². The zero-order valence-corrected chi connectivity index (χ0v) is 14.9. The first-order valence-corrected chi connectivity index (χ1v) is 8.60. The maximum atomic E-state index is 5.49. The molecule has 26 heavy (non-hydrogen) atoms. The van der Waals surface area contributed by atoms with Crippen molar-refractivity contribution in [3.8, 4) is 33.8 Å². The minimum atomic E-state index is 0.869. The Bertz CT molecular complexity index is 1030. The van der Waals surface area contributed by atoms with E-state index < -0.39 is 0 Å². The standard InChI is InChI=1S/C24H20O2/c1-25-21-13-11-18(12-14-21)17-7-9-19(10-8-17)24-16-22(26-2)15-20-5-3-4-6-23(20)24/h3-16H,1-2H3. The van der Waals surface area contributed by atoms with Gasteiger partial charge in [-0.2, -0.15) is 0 Å². The van der Waals surface area contributed by atoms with Gasteiger partial charge in [-0.3, -0.25) is 0 Å². The summed E-state index contributed by atoms with van der Waals surface area (Å²) in [4.78, 5) is 0. The Kier molecular flexibility index (Phi) is 4.32. The average Bonchev–Trinajstić information content (AvgIpc) is 2.73. The fourth-order valence-electron chi connectivity index (χ4n) is 3.27. The first-order chi connectivity index (χ1) is 12.8. The molecule has 0 aliphatic heterocycles. The Balaban J connectivity index is 1.76. The molecule has 4 aromatic rings. The van der Waals surface area contributed by atoms with Crippen LogP contribution in [0.3, 0.4) is 0 Å². The van der Waals surface area contributed by atoms with E-state index in [1.165, 1.54) is 33.0 Å². The second kappa shape index (κ2) is 6.93. The monoisotopic (exact) mass is 340 g/mol. The molecule has 0 aliphatic rings. The summed E-state index contributed by atoms with van der Waals surface area (Å²) in [7, 11) is 3.39. The first kappa shape index (κ1) is 16.2. The van der Waals surface area contributed by atoms with E-state index in [1.54, 1.807) is 14.2 Å². The Morgan fingerprint density at radius 2 is 1.12 bits per heavy atom. The first-order valence-electron chi connectivity index (χ1n) is 8.60. The van der Waals surface area contributed by atoms with E-state index in [4.69, 9.17) is 9.47 Å². The maximum absolute atomic E-state index is 5.49. The van der Waals surface area contributed by atoms with Crippen molar-refractivity contribution < 1.29 is 9.47 Å². The second-order valence-corrected chi connectivity index (χ2v) is 6.20. The molecule has 0 N–H and O–H groups in total. The number of hydrogen-bond acceptors (Lipinski definition) is 2. The van der Waals surface area contributed by atoms with Crippen LogP contribution in [0.4, 0.5) is 0 Å². The number of rotatable bonds is 4. The number of benzene rings is 4. The molecule has 0 atom stereocenters.